The first-order valence-corrected chi connectivity index (χ1v) is 6.16. The largest absolute Gasteiger partial charge is 0.327 e. The van der Waals surface area contributed by atoms with E-state index in [0.717, 1.165) is 18.4 Å². The van der Waals surface area contributed by atoms with Gasteiger partial charge in [-0.15, -0.1) is 0 Å². The van der Waals surface area contributed by atoms with E-state index in [4.69, 9.17) is 5.73 Å². The van der Waals surface area contributed by atoms with Gasteiger partial charge in [0.15, 0.2) is 11.6 Å². The summed E-state index contributed by atoms with van der Waals surface area (Å²) in [4.78, 5) is 4.14. The molecule has 0 aliphatic heterocycles. The van der Waals surface area contributed by atoms with E-state index in [1.165, 1.54) is 12.4 Å². The summed E-state index contributed by atoms with van der Waals surface area (Å²) >= 11 is 0. The van der Waals surface area contributed by atoms with Crippen molar-refractivity contribution in [3.8, 4) is 0 Å². The van der Waals surface area contributed by atoms with Crippen molar-refractivity contribution >= 4 is 0 Å². The lowest BCUT2D eigenvalue weighted by Gasteiger charge is -2.11. The SMILES string of the molecule is CCn1ncnc1CC(N)Cc1ccc(F)c(F)c1. The molecule has 0 saturated carbocycles. The smallest absolute Gasteiger partial charge is 0.159 e. The number of hydrogen-bond acceptors (Lipinski definition) is 3. The van der Waals surface area contributed by atoms with Gasteiger partial charge in [0.2, 0.25) is 0 Å². The Morgan fingerprint density at radius 1 is 1.26 bits per heavy atom. The molecule has 0 fully saturated rings. The number of aromatic nitrogens is 3. The molecule has 0 bridgehead atoms. The van der Waals surface area contributed by atoms with Crippen LogP contribution in [-0.2, 0) is 19.4 Å². The first kappa shape index (κ1) is 13.6. The van der Waals surface area contributed by atoms with E-state index >= 15 is 0 Å². The third-order valence-corrected chi connectivity index (χ3v) is 2.92. The molecular weight excluding hydrogens is 250 g/mol. The van der Waals surface area contributed by atoms with Crippen molar-refractivity contribution in [2.75, 3.05) is 0 Å². The lowest BCUT2D eigenvalue weighted by molar-refractivity contribution is 0.505. The summed E-state index contributed by atoms with van der Waals surface area (Å²) in [7, 11) is 0. The Labute approximate surface area is 110 Å². The van der Waals surface area contributed by atoms with Crippen LogP contribution < -0.4 is 5.73 Å². The van der Waals surface area contributed by atoms with Gasteiger partial charge in [-0.05, 0) is 31.0 Å². The molecule has 2 rings (SSSR count). The Hall–Kier alpha value is -1.82. The number of aryl methyl sites for hydroxylation is 1. The van der Waals surface area contributed by atoms with Crippen LogP contribution in [0.3, 0.4) is 0 Å². The van der Waals surface area contributed by atoms with Crippen LogP contribution in [0, 0.1) is 11.6 Å². The van der Waals surface area contributed by atoms with E-state index in [2.05, 4.69) is 10.1 Å². The highest BCUT2D eigenvalue weighted by Crippen LogP contribution is 2.11. The lowest BCUT2D eigenvalue weighted by Crippen LogP contribution is -2.27. The maximum atomic E-state index is 13.1. The average Bonchev–Trinajstić information content (AvgIpc) is 2.81. The van der Waals surface area contributed by atoms with E-state index in [1.807, 2.05) is 6.92 Å². The van der Waals surface area contributed by atoms with Crippen LogP contribution in [0.15, 0.2) is 24.5 Å². The van der Waals surface area contributed by atoms with Gasteiger partial charge in [0.05, 0.1) is 0 Å². The van der Waals surface area contributed by atoms with E-state index in [0.29, 0.717) is 18.4 Å². The Balaban J connectivity index is 2.01. The second-order valence-corrected chi connectivity index (χ2v) is 4.41. The minimum atomic E-state index is -0.846. The number of benzene rings is 1. The van der Waals surface area contributed by atoms with Crippen LogP contribution in [0.1, 0.15) is 18.3 Å². The van der Waals surface area contributed by atoms with Crippen LogP contribution in [0.2, 0.25) is 0 Å². The Bertz CT molecular complexity index is 553. The fourth-order valence-corrected chi connectivity index (χ4v) is 1.99. The van der Waals surface area contributed by atoms with Gasteiger partial charge in [-0.3, -0.25) is 4.68 Å². The van der Waals surface area contributed by atoms with Crippen molar-refractivity contribution in [1.82, 2.24) is 14.8 Å². The molecule has 2 N–H and O–H groups in total. The molecular formula is C13H16F2N4. The van der Waals surface area contributed by atoms with Gasteiger partial charge in [-0.1, -0.05) is 6.07 Å². The predicted molar refractivity (Wildman–Crippen MR) is 67.4 cm³/mol. The highest BCUT2D eigenvalue weighted by Gasteiger charge is 2.11. The number of hydrogen-bond donors (Lipinski definition) is 1. The van der Waals surface area contributed by atoms with Crippen LogP contribution in [0.25, 0.3) is 0 Å². The van der Waals surface area contributed by atoms with Crippen molar-refractivity contribution < 1.29 is 8.78 Å². The van der Waals surface area contributed by atoms with Gasteiger partial charge in [0.25, 0.3) is 0 Å². The van der Waals surface area contributed by atoms with Gasteiger partial charge >= 0.3 is 0 Å². The van der Waals surface area contributed by atoms with Crippen LogP contribution >= 0.6 is 0 Å². The van der Waals surface area contributed by atoms with Gasteiger partial charge in [0.1, 0.15) is 12.2 Å². The third kappa shape index (κ3) is 3.35. The third-order valence-electron chi connectivity index (χ3n) is 2.92. The van der Waals surface area contributed by atoms with Crippen molar-refractivity contribution in [2.24, 2.45) is 5.73 Å². The summed E-state index contributed by atoms with van der Waals surface area (Å²) < 4.78 is 27.7. The Morgan fingerprint density at radius 3 is 2.74 bits per heavy atom. The van der Waals surface area contributed by atoms with Crippen molar-refractivity contribution in [3.63, 3.8) is 0 Å². The van der Waals surface area contributed by atoms with Crippen LogP contribution in [0.5, 0.6) is 0 Å². The summed E-state index contributed by atoms with van der Waals surface area (Å²) in [5, 5.41) is 4.06. The van der Waals surface area contributed by atoms with Crippen molar-refractivity contribution in [2.45, 2.75) is 32.4 Å². The summed E-state index contributed by atoms with van der Waals surface area (Å²) in [6.45, 7) is 2.70. The van der Waals surface area contributed by atoms with E-state index in [1.54, 1.807) is 10.7 Å². The standard InChI is InChI=1S/C13H16F2N4/c1-2-19-13(17-8-18-19)7-10(16)5-9-3-4-11(14)12(15)6-9/h3-4,6,8,10H,2,5,7,16H2,1H3. The van der Waals surface area contributed by atoms with E-state index in [9.17, 15) is 8.78 Å². The molecule has 4 nitrogen and oxygen atoms in total. The molecule has 1 atom stereocenters. The fourth-order valence-electron chi connectivity index (χ4n) is 1.99. The van der Waals surface area contributed by atoms with Crippen LogP contribution in [-0.4, -0.2) is 20.8 Å². The zero-order chi connectivity index (χ0) is 13.8. The number of rotatable bonds is 5. The highest BCUT2D eigenvalue weighted by molar-refractivity contribution is 5.19. The topological polar surface area (TPSA) is 56.7 Å². The molecule has 1 heterocycles. The molecule has 0 saturated heterocycles. The molecule has 1 aromatic carbocycles. The van der Waals surface area contributed by atoms with Gasteiger partial charge in [-0.25, -0.2) is 13.8 Å². The summed E-state index contributed by atoms with van der Waals surface area (Å²) in [6.07, 6.45) is 2.50. The molecule has 2 aromatic rings. The molecule has 19 heavy (non-hydrogen) atoms. The van der Waals surface area contributed by atoms with Crippen molar-refractivity contribution in [3.05, 3.63) is 47.5 Å². The molecule has 0 spiro atoms. The first-order chi connectivity index (χ1) is 9.10. The Morgan fingerprint density at radius 2 is 2.05 bits per heavy atom. The molecule has 6 heteroatoms. The monoisotopic (exact) mass is 266 g/mol. The normalized spacial score (nSPS) is 12.6. The minimum absolute atomic E-state index is 0.209. The average molecular weight is 266 g/mol. The maximum Gasteiger partial charge on any atom is 0.159 e. The number of nitrogens with two attached hydrogens (primary N) is 1. The second-order valence-electron chi connectivity index (χ2n) is 4.41. The molecule has 0 aliphatic rings. The molecule has 102 valence electrons. The maximum absolute atomic E-state index is 13.1. The molecule has 0 amide bonds. The second kappa shape index (κ2) is 5.88. The molecule has 0 aliphatic carbocycles. The zero-order valence-electron chi connectivity index (χ0n) is 10.7. The van der Waals surface area contributed by atoms with Gasteiger partial charge < -0.3 is 5.73 Å². The molecule has 0 radical (unpaired) electrons. The summed E-state index contributed by atoms with van der Waals surface area (Å²) in [5.74, 6) is -0.887. The predicted octanol–water partition coefficient (Wildman–Crippen LogP) is 1.69. The number of nitrogens with zero attached hydrogens (tertiary/aromatic N) is 3. The summed E-state index contributed by atoms with van der Waals surface area (Å²) in [6, 6.07) is 3.63. The highest BCUT2D eigenvalue weighted by atomic mass is 19.2. The lowest BCUT2D eigenvalue weighted by atomic mass is 10.0. The molecule has 1 aromatic heterocycles. The first-order valence-electron chi connectivity index (χ1n) is 6.16. The van der Waals surface area contributed by atoms with E-state index < -0.39 is 11.6 Å². The number of halogens is 2. The minimum Gasteiger partial charge on any atom is -0.327 e. The fraction of sp³-hybridized carbons (Fsp3) is 0.385. The molecule has 1 unspecified atom stereocenters. The van der Waals surface area contributed by atoms with Gasteiger partial charge in [-0.2, -0.15) is 5.10 Å². The Kier molecular flexibility index (Phi) is 4.21. The van der Waals surface area contributed by atoms with E-state index in [-0.39, 0.29) is 6.04 Å². The zero-order valence-corrected chi connectivity index (χ0v) is 10.7. The van der Waals surface area contributed by atoms with Crippen molar-refractivity contribution in [1.29, 1.82) is 0 Å². The summed E-state index contributed by atoms with van der Waals surface area (Å²) in [5.41, 5.74) is 6.69. The van der Waals surface area contributed by atoms with Crippen LogP contribution in [0.4, 0.5) is 8.78 Å². The van der Waals surface area contributed by atoms with Gasteiger partial charge in [0, 0.05) is 19.0 Å². The quantitative estimate of drug-likeness (QED) is 0.896.